The summed E-state index contributed by atoms with van der Waals surface area (Å²) in [5.41, 5.74) is 0. The third-order valence-electron chi connectivity index (χ3n) is 2.69. The van der Waals surface area contributed by atoms with Gasteiger partial charge in [-0.15, -0.1) is 0 Å². The van der Waals surface area contributed by atoms with Crippen LogP contribution in [-0.2, 0) is 0 Å². The van der Waals surface area contributed by atoms with E-state index < -0.39 is 0 Å². The zero-order valence-corrected chi connectivity index (χ0v) is 12.2. The molecule has 1 unspecified atom stereocenters. The molecule has 0 heterocycles. The Morgan fingerprint density at radius 3 is 1.81 bits per heavy atom. The summed E-state index contributed by atoms with van der Waals surface area (Å²) < 4.78 is 0. The molecule has 0 fully saturated rings. The molecule has 1 N–H and O–H groups in total. The Morgan fingerprint density at radius 1 is 0.938 bits per heavy atom. The minimum absolute atomic E-state index is 0.649. The van der Waals surface area contributed by atoms with Crippen molar-refractivity contribution >= 4 is 0 Å². The molecule has 0 aliphatic heterocycles. The highest BCUT2D eigenvalue weighted by molar-refractivity contribution is 4.72. The summed E-state index contributed by atoms with van der Waals surface area (Å²) in [6.45, 7) is 18.5. The van der Waals surface area contributed by atoms with Crippen molar-refractivity contribution in [3.05, 3.63) is 0 Å². The van der Waals surface area contributed by atoms with Gasteiger partial charge >= 0.3 is 0 Å². The fraction of sp³-hybridized carbons (Fsp3) is 1.00. The predicted octanol–water partition coefficient (Wildman–Crippen LogP) is 2.99. The fourth-order valence-electron chi connectivity index (χ4n) is 1.99. The Morgan fingerprint density at radius 2 is 1.44 bits per heavy atom. The SMILES string of the molecule is CCCNCC(C)N(CC(C)C)CC(C)C. The van der Waals surface area contributed by atoms with Gasteiger partial charge in [0.15, 0.2) is 0 Å². The van der Waals surface area contributed by atoms with Crippen LogP contribution in [-0.4, -0.2) is 37.1 Å². The highest BCUT2D eigenvalue weighted by Gasteiger charge is 2.15. The van der Waals surface area contributed by atoms with Crippen LogP contribution >= 0.6 is 0 Å². The third kappa shape index (κ3) is 8.12. The first kappa shape index (κ1) is 15.9. The number of hydrogen-bond donors (Lipinski definition) is 1. The largest absolute Gasteiger partial charge is 0.315 e. The Labute approximate surface area is 103 Å². The van der Waals surface area contributed by atoms with Gasteiger partial charge in [-0.1, -0.05) is 34.6 Å². The highest BCUT2D eigenvalue weighted by atomic mass is 15.2. The lowest BCUT2D eigenvalue weighted by atomic mass is 10.1. The van der Waals surface area contributed by atoms with Gasteiger partial charge in [-0.05, 0) is 31.7 Å². The summed E-state index contributed by atoms with van der Waals surface area (Å²) >= 11 is 0. The maximum Gasteiger partial charge on any atom is 0.0192 e. The second kappa shape index (κ2) is 9.00. The number of rotatable bonds is 9. The van der Waals surface area contributed by atoms with Crippen molar-refractivity contribution in [2.75, 3.05) is 26.2 Å². The molecule has 0 aromatic carbocycles. The van der Waals surface area contributed by atoms with Crippen molar-refractivity contribution < 1.29 is 0 Å². The molecule has 0 spiro atoms. The quantitative estimate of drug-likeness (QED) is 0.610. The number of hydrogen-bond acceptors (Lipinski definition) is 2. The summed E-state index contributed by atoms with van der Waals surface area (Å²) in [7, 11) is 0. The molecule has 98 valence electrons. The van der Waals surface area contributed by atoms with Gasteiger partial charge in [-0.3, -0.25) is 4.90 Å². The standard InChI is InChI=1S/C14H32N2/c1-7-8-15-9-14(6)16(10-12(2)3)11-13(4)5/h12-15H,7-11H2,1-6H3. The van der Waals surface area contributed by atoms with E-state index in [4.69, 9.17) is 0 Å². The van der Waals surface area contributed by atoms with Crippen LogP contribution in [0.25, 0.3) is 0 Å². The van der Waals surface area contributed by atoms with E-state index in [2.05, 4.69) is 51.8 Å². The van der Waals surface area contributed by atoms with Gasteiger partial charge in [-0.25, -0.2) is 0 Å². The maximum atomic E-state index is 3.52. The van der Waals surface area contributed by atoms with Gasteiger partial charge in [0.05, 0.1) is 0 Å². The van der Waals surface area contributed by atoms with Crippen molar-refractivity contribution in [1.82, 2.24) is 10.2 Å². The Kier molecular flexibility index (Phi) is 8.96. The minimum atomic E-state index is 0.649. The summed E-state index contributed by atoms with van der Waals surface area (Å²) in [6, 6.07) is 0.649. The molecule has 2 heteroatoms. The van der Waals surface area contributed by atoms with Crippen LogP contribution in [0, 0.1) is 11.8 Å². The highest BCUT2D eigenvalue weighted by Crippen LogP contribution is 2.07. The monoisotopic (exact) mass is 228 g/mol. The number of nitrogens with zero attached hydrogens (tertiary/aromatic N) is 1. The average molecular weight is 228 g/mol. The Balaban J connectivity index is 4.04. The van der Waals surface area contributed by atoms with E-state index in [0.717, 1.165) is 24.9 Å². The molecule has 0 radical (unpaired) electrons. The molecule has 2 nitrogen and oxygen atoms in total. The molecular weight excluding hydrogens is 196 g/mol. The van der Waals surface area contributed by atoms with Crippen LogP contribution in [0.3, 0.4) is 0 Å². The summed E-state index contributed by atoms with van der Waals surface area (Å²) in [4.78, 5) is 2.62. The van der Waals surface area contributed by atoms with Gasteiger partial charge in [0, 0.05) is 25.7 Å². The smallest absolute Gasteiger partial charge is 0.0192 e. The van der Waals surface area contributed by atoms with Gasteiger partial charge in [0.25, 0.3) is 0 Å². The van der Waals surface area contributed by atoms with Crippen LogP contribution in [0.5, 0.6) is 0 Å². The Hall–Kier alpha value is -0.0800. The molecule has 0 rings (SSSR count). The topological polar surface area (TPSA) is 15.3 Å². The minimum Gasteiger partial charge on any atom is -0.315 e. The van der Waals surface area contributed by atoms with Crippen LogP contribution in [0.1, 0.15) is 48.0 Å². The average Bonchev–Trinajstić information content (AvgIpc) is 2.15. The molecule has 1 atom stereocenters. The molecule has 16 heavy (non-hydrogen) atoms. The van der Waals surface area contributed by atoms with Crippen LogP contribution < -0.4 is 5.32 Å². The Bertz CT molecular complexity index is 145. The lowest BCUT2D eigenvalue weighted by Crippen LogP contribution is -2.44. The van der Waals surface area contributed by atoms with Crippen LogP contribution in [0.15, 0.2) is 0 Å². The van der Waals surface area contributed by atoms with E-state index in [9.17, 15) is 0 Å². The lowest BCUT2D eigenvalue weighted by molar-refractivity contribution is 0.163. The maximum absolute atomic E-state index is 3.52. The normalized spacial score (nSPS) is 14.1. The van der Waals surface area contributed by atoms with Crippen molar-refractivity contribution in [1.29, 1.82) is 0 Å². The lowest BCUT2D eigenvalue weighted by Gasteiger charge is -2.32. The molecule has 0 saturated carbocycles. The van der Waals surface area contributed by atoms with Crippen molar-refractivity contribution in [2.24, 2.45) is 11.8 Å². The first-order chi connectivity index (χ1) is 7.47. The zero-order chi connectivity index (χ0) is 12.6. The third-order valence-corrected chi connectivity index (χ3v) is 2.69. The molecule has 0 aromatic rings. The van der Waals surface area contributed by atoms with Crippen LogP contribution in [0.4, 0.5) is 0 Å². The van der Waals surface area contributed by atoms with Crippen molar-refractivity contribution in [3.63, 3.8) is 0 Å². The molecule has 0 aliphatic rings. The summed E-state index contributed by atoms with van der Waals surface area (Å²) in [5.74, 6) is 1.51. The molecular formula is C14H32N2. The molecule has 0 bridgehead atoms. The zero-order valence-electron chi connectivity index (χ0n) is 12.2. The van der Waals surface area contributed by atoms with E-state index in [0.29, 0.717) is 6.04 Å². The summed E-state index contributed by atoms with van der Waals surface area (Å²) in [6.07, 6.45) is 1.22. The second-order valence-electron chi connectivity index (χ2n) is 5.79. The van der Waals surface area contributed by atoms with E-state index in [1.807, 2.05) is 0 Å². The van der Waals surface area contributed by atoms with Gasteiger partial charge in [0.2, 0.25) is 0 Å². The predicted molar refractivity (Wildman–Crippen MR) is 73.9 cm³/mol. The molecule has 0 aromatic heterocycles. The van der Waals surface area contributed by atoms with Crippen molar-refractivity contribution in [2.45, 2.75) is 54.0 Å². The first-order valence-electron chi connectivity index (χ1n) is 6.92. The first-order valence-corrected chi connectivity index (χ1v) is 6.92. The van der Waals surface area contributed by atoms with Gasteiger partial charge in [-0.2, -0.15) is 0 Å². The second-order valence-corrected chi connectivity index (χ2v) is 5.79. The van der Waals surface area contributed by atoms with Gasteiger partial charge in [0.1, 0.15) is 0 Å². The van der Waals surface area contributed by atoms with E-state index in [1.54, 1.807) is 0 Å². The molecule has 0 saturated heterocycles. The van der Waals surface area contributed by atoms with Crippen LogP contribution in [0.2, 0.25) is 0 Å². The van der Waals surface area contributed by atoms with E-state index in [-0.39, 0.29) is 0 Å². The van der Waals surface area contributed by atoms with E-state index in [1.165, 1.54) is 19.5 Å². The van der Waals surface area contributed by atoms with Crippen molar-refractivity contribution in [3.8, 4) is 0 Å². The molecule has 0 aliphatic carbocycles. The number of nitrogens with one attached hydrogen (secondary N) is 1. The molecule has 0 amide bonds. The van der Waals surface area contributed by atoms with E-state index >= 15 is 0 Å². The van der Waals surface area contributed by atoms with Gasteiger partial charge < -0.3 is 5.32 Å². The fourth-order valence-corrected chi connectivity index (χ4v) is 1.99. The summed E-state index contributed by atoms with van der Waals surface area (Å²) in [5, 5.41) is 3.52.